The van der Waals surface area contributed by atoms with Crippen LogP contribution in [-0.2, 0) is 6.18 Å². The molecule has 156 valence electrons. The van der Waals surface area contributed by atoms with Crippen molar-refractivity contribution >= 4 is 11.0 Å². The zero-order valence-corrected chi connectivity index (χ0v) is 16.3. The molecule has 9 heteroatoms. The first-order valence-electron chi connectivity index (χ1n) is 9.09. The normalized spacial score (nSPS) is 14.4. The lowest BCUT2D eigenvalue weighted by Gasteiger charge is -2.27. The molecule has 0 aliphatic heterocycles. The molecule has 3 aromatic heterocycles. The van der Waals surface area contributed by atoms with Gasteiger partial charge in [0.05, 0.1) is 11.9 Å². The molecule has 0 unspecified atom stereocenters. The van der Waals surface area contributed by atoms with Crippen molar-refractivity contribution in [2.45, 2.75) is 38.9 Å². The van der Waals surface area contributed by atoms with Crippen LogP contribution in [-0.4, -0.2) is 27.1 Å². The number of fused-ring (bicyclic) bond motifs is 1. The van der Waals surface area contributed by atoms with Gasteiger partial charge < -0.3 is 15.5 Å². The van der Waals surface area contributed by atoms with Gasteiger partial charge in [-0.1, -0.05) is 13.8 Å². The van der Waals surface area contributed by atoms with E-state index in [0.29, 0.717) is 23.0 Å². The summed E-state index contributed by atoms with van der Waals surface area (Å²) in [5.41, 5.74) is 4.89. The van der Waals surface area contributed by atoms with Crippen molar-refractivity contribution in [3.05, 3.63) is 42.1 Å². The molecular formula is C20H22F4N4O. The molecule has 0 amide bonds. The number of nitrogens with two attached hydrogens (primary N) is 1. The largest absolute Gasteiger partial charge is 0.489 e. The Bertz CT molecular complexity index is 1010. The smallest absolute Gasteiger partial charge is 0.437 e. The van der Waals surface area contributed by atoms with Gasteiger partial charge in [0.1, 0.15) is 23.8 Å². The standard InChI is InChI=1S/C20H22F4N4O/c1-11(2)7-19(3,25)10-29-16-5-4-15(28-17(16)20(22,23)24)14-9-27-18-13(14)6-12(21)8-26-18/h4-6,8-9,11H,7,10,25H2,1-3H3,(H,26,27)/t19-/m0/s1. The zero-order valence-electron chi connectivity index (χ0n) is 16.3. The van der Waals surface area contributed by atoms with Crippen molar-refractivity contribution in [3.8, 4) is 17.0 Å². The fraction of sp³-hybridized carbons (Fsp3) is 0.400. The summed E-state index contributed by atoms with van der Waals surface area (Å²) >= 11 is 0. The second-order valence-corrected chi connectivity index (χ2v) is 7.83. The SMILES string of the molecule is CC(C)C[C@](C)(N)COc1ccc(-c2c[nH]c3ncc(F)cc23)nc1C(F)(F)F. The number of nitrogens with zero attached hydrogens (tertiary/aromatic N) is 2. The predicted octanol–water partition coefficient (Wildman–Crippen LogP) is 4.93. The van der Waals surface area contributed by atoms with E-state index < -0.39 is 29.0 Å². The lowest BCUT2D eigenvalue weighted by Crippen LogP contribution is -2.43. The van der Waals surface area contributed by atoms with E-state index in [2.05, 4.69) is 15.0 Å². The number of H-pyrrole nitrogens is 1. The van der Waals surface area contributed by atoms with Gasteiger partial charge in [-0.15, -0.1) is 0 Å². The molecule has 3 heterocycles. The lowest BCUT2D eigenvalue weighted by molar-refractivity contribution is -0.142. The van der Waals surface area contributed by atoms with Gasteiger partial charge in [-0.2, -0.15) is 13.2 Å². The van der Waals surface area contributed by atoms with Crippen molar-refractivity contribution in [3.63, 3.8) is 0 Å². The molecule has 1 atom stereocenters. The summed E-state index contributed by atoms with van der Waals surface area (Å²) in [4.78, 5) is 10.4. The fourth-order valence-corrected chi connectivity index (χ4v) is 3.34. The molecule has 3 aromatic rings. The van der Waals surface area contributed by atoms with Crippen LogP contribution in [0.25, 0.3) is 22.3 Å². The molecule has 0 aliphatic rings. The van der Waals surface area contributed by atoms with Gasteiger partial charge in [0, 0.05) is 22.7 Å². The van der Waals surface area contributed by atoms with Crippen molar-refractivity contribution < 1.29 is 22.3 Å². The number of hydrogen-bond acceptors (Lipinski definition) is 4. The maximum absolute atomic E-state index is 13.6. The highest BCUT2D eigenvalue weighted by atomic mass is 19.4. The molecule has 0 aliphatic carbocycles. The van der Waals surface area contributed by atoms with Crippen molar-refractivity contribution in [2.24, 2.45) is 11.7 Å². The van der Waals surface area contributed by atoms with E-state index >= 15 is 0 Å². The van der Waals surface area contributed by atoms with E-state index in [1.165, 1.54) is 24.4 Å². The Labute approximate surface area is 165 Å². The number of pyridine rings is 2. The Balaban J connectivity index is 1.97. The third-order valence-electron chi connectivity index (χ3n) is 4.33. The number of rotatable bonds is 6. The Morgan fingerprint density at radius 1 is 1.24 bits per heavy atom. The highest BCUT2D eigenvalue weighted by Crippen LogP contribution is 2.38. The monoisotopic (exact) mass is 410 g/mol. The number of hydrogen-bond donors (Lipinski definition) is 2. The van der Waals surface area contributed by atoms with Crippen LogP contribution in [0.3, 0.4) is 0 Å². The molecule has 3 N–H and O–H groups in total. The summed E-state index contributed by atoms with van der Waals surface area (Å²) in [6.07, 6.45) is -1.67. The number of aromatic nitrogens is 3. The number of nitrogens with one attached hydrogen (secondary N) is 1. The first-order valence-corrected chi connectivity index (χ1v) is 9.09. The molecule has 0 bridgehead atoms. The Morgan fingerprint density at radius 2 is 1.97 bits per heavy atom. The number of halogens is 4. The predicted molar refractivity (Wildman–Crippen MR) is 102 cm³/mol. The van der Waals surface area contributed by atoms with E-state index in [-0.39, 0.29) is 18.2 Å². The molecule has 0 spiro atoms. The quantitative estimate of drug-likeness (QED) is 0.565. The summed E-state index contributed by atoms with van der Waals surface area (Å²) in [6, 6.07) is 3.80. The maximum atomic E-state index is 13.6. The molecule has 5 nitrogen and oxygen atoms in total. The van der Waals surface area contributed by atoms with Crippen LogP contribution in [0.15, 0.2) is 30.6 Å². The molecule has 0 fully saturated rings. The summed E-state index contributed by atoms with van der Waals surface area (Å²) in [5.74, 6) is -0.723. The van der Waals surface area contributed by atoms with Crippen LogP contribution in [0.4, 0.5) is 17.6 Å². The number of alkyl halides is 3. The van der Waals surface area contributed by atoms with Gasteiger partial charge in [0.2, 0.25) is 0 Å². The van der Waals surface area contributed by atoms with Crippen molar-refractivity contribution in [1.82, 2.24) is 15.0 Å². The fourth-order valence-electron chi connectivity index (χ4n) is 3.34. The van der Waals surface area contributed by atoms with Crippen molar-refractivity contribution in [1.29, 1.82) is 0 Å². The molecule has 29 heavy (non-hydrogen) atoms. The molecule has 0 saturated heterocycles. The highest BCUT2D eigenvalue weighted by Gasteiger charge is 2.37. The Hall–Kier alpha value is -2.68. The third-order valence-corrected chi connectivity index (χ3v) is 4.33. The molecule has 3 rings (SSSR count). The van der Waals surface area contributed by atoms with Crippen LogP contribution in [0.5, 0.6) is 5.75 Å². The van der Waals surface area contributed by atoms with Gasteiger partial charge in [0.15, 0.2) is 5.69 Å². The zero-order chi connectivity index (χ0) is 21.4. The maximum Gasteiger partial charge on any atom is 0.437 e. The number of aromatic amines is 1. The first-order chi connectivity index (χ1) is 13.5. The Morgan fingerprint density at radius 3 is 2.62 bits per heavy atom. The average Bonchev–Trinajstić information content (AvgIpc) is 3.01. The summed E-state index contributed by atoms with van der Waals surface area (Å²) in [6.45, 7) is 5.59. The summed E-state index contributed by atoms with van der Waals surface area (Å²) < 4.78 is 59.8. The van der Waals surface area contributed by atoms with Crippen LogP contribution in [0, 0.1) is 11.7 Å². The minimum absolute atomic E-state index is 0.0287. The van der Waals surface area contributed by atoms with E-state index in [0.717, 1.165) is 6.20 Å². The average molecular weight is 410 g/mol. The minimum atomic E-state index is -4.73. The molecule has 0 aromatic carbocycles. The van der Waals surface area contributed by atoms with Crippen molar-refractivity contribution in [2.75, 3.05) is 6.61 Å². The van der Waals surface area contributed by atoms with Gasteiger partial charge in [0.25, 0.3) is 0 Å². The van der Waals surface area contributed by atoms with Gasteiger partial charge in [-0.3, -0.25) is 0 Å². The molecule has 0 radical (unpaired) electrons. The topological polar surface area (TPSA) is 76.8 Å². The van der Waals surface area contributed by atoms with Crippen LogP contribution < -0.4 is 10.5 Å². The van der Waals surface area contributed by atoms with E-state index in [1.54, 1.807) is 6.92 Å². The molecular weight excluding hydrogens is 388 g/mol. The van der Waals surface area contributed by atoms with Crippen LogP contribution >= 0.6 is 0 Å². The third kappa shape index (κ3) is 4.84. The van der Waals surface area contributed by atoms with Gasteiger partial charge in [-0.25, -0.2) is 14.4 Å². The summed E-state index contributed by atoms with van der Waals surface area (Å²) in [5, 5.41) is 0.339. The second-order valence-electron chi connectivity index (χ2n) is 7.83. The van der Waals surface area contributed by atoms with Gasteiger partial charge in [-0.05, 0) is 37.5 Å². The molecule has 0 saturated carbocycles. The van der Waals surface area contributed by atoms with E-state index in [4.69, 9.17) is 10.5 Å². The van der Waals surface area contributed by atoms with Crippen LogP contribution in [0.2, 0.25) is 0 Å². The minimum Gasteiger partial charge on any atom is -0.489 e. The highest BCUT2D eigenvalue weighted by molar-refractivity contribution is 5.92. The lowest BCUT2D eigenvalue weighted by atomic mass is 9.93. The van der Waals surface area contributed by atoms with Gasteiger partial charge >= 0.3 is 6.18 Å². The first kappa shape index (κ1) is 21.0. The Kier molecular flexibility index (Phi) is 5.53. The summed E-state index contributed by atoms with van der Waals surface area (Å²) in [7, 11) is 0. The van der Waals surface area contributed by atoms with Crippen LogP contribution in [0.1, 0.15) is 32.9 Å². The number of ether oxygens (including phenoxy) is 1. The van der Waals surface area contributed by atoms with E-state index in [1.807, 2.05) is 13.8 Å². The second kappa shape index (κ2) is 7.62. The van der Waals surface area contributed by atoms with E-state index in [9.17, 15) is 17.6 Å².